The first kappa shape index (κ1) is 19.6. The van der Waals surface area contributed by atoms with Crippen LogP contribution in [0.25, 0.3) is 0 Å². The van der Waals surface area contributed by atoms with Crippen molar-refractivity contribution >= 4 is 23.3 Å². The number of nitrogens with one attached hydrogen (secondary N) is 1. The molecule has 0 radical (unpaired) electrons. The van der Waals surface area contributed by atoms with Gasteiger partial charge in [0.25, 0.3) is 5.91 Å². The fourth-order valence-corrected chi connectivity index (χ4v) is 4.18. The number of carbonyl (C=O) groups excluding carboxylic acids is 3. The van der Waals surface area contributed by atoms with Gasteiger partial charge in [-0.05, 0) is 48.8 Å². The molecular weight excluding hydrogens is 342 g/mol. The van der Waals surface area contributed by atoms with E-state index in [1.54, 1.807) is 0 Å². The molecule has 27 heavy (non-hydrogen) atoms. The first-order valence-corrected chi connectivity index (χ1v) is 9.85. The van der Waals surface area contributed by atoms with E-state index in [2.05, 4.69) is 26.1 Å². The molecule has 3 atom stereocenters. The number of esters is 1. The summed E-state index contributed by atoms with van der Waals surface area (Å²) in [6.07, 6.45) is 3.97. The second-order valence-corrected chi connectivity index (χ2v) is 8.88. The van der Waals surface area contributed by atoms with E-state index >= 15 is 0 Å². The molecule has 1 N–H and O–H groups in total. The number of hydrogen-bond acceptors (Lipinski definition) is 4. The highest BCUT2D eigenvalue weighted by Gasteiger charge is 2.41. The predicted molar refractivity (Wildman–Crippen MR) is 103 cm³/mol. The van der Waals surface area contributed by atoms with Gasteiger partial charge in [0.1, 0.15) is 5.78 Å². The van der Waals surface area contributed by atoms with E-state index in [0.29, 0.717) is 24.3 Å². The van der Waals surface area contributed by atoms with Crippen molar-refractivity contribution in [2.24, 2.45) is 17.8 Å². The molecule has 2 aliphatic rings. The molecule has 1 unspecified atom stereocenters. The topological polar surface area (TPSA) is 72.5 Å². The van der Waals surface area contributed by atoms with Crippen LogP contribution in [0, 0.1) is 17.8 Å². The van der Waals surface area contributed by atoms with Crippen LogP contribution in [0.5, 0.6) is 0 Å². The zero-order valence-electron chi connectivity index (χ0n) is 16.4. The standard InChI is InChI=1S/C22H29NO4/c1-22(2,3)17-7-9-18(10-8-17)23-19(24)13-27-21(26)16-11-14-5-4-6-15(12-16)20(14)25/h7-10,14-16H,4-6,11-13H2,1-3H3,(H,23,24)/t14-,15+,16?. The van der Waals surface area contributed by atoms with Gasteiger partial charge in [-0.3, -0.25) is 14.4 Å². The Morgan fingerprint density at radius 3 is 2.22 bits per heavy atom. The highest BCUT2D eigenvalue weighted by molar-refractivity contribution is 5.93. The molecule has 0 spiro atoms. The normalized spacial score (nSPS) is 25.0. The number of rotatable bonds is 4. The fourth-order valence-electron chi connectivity index (χ4n) is 4.18. The Kier molecular flexibility index (Phi) is 5.68. The van der Waals surface area contributed by atoms with E-state index in [-0.39, 0.29) is 41.7 Å². The van der Waals surface area contributed by atoms with Crippen LogP contribution in [0.3, 0.4) is 0 Å². The van der Waals surface area contributed by atoms with Crippen LogP contribution < -0.4 is 5.32 Å². The van der Waals surface area contributed by atoms with E-state index < -0.39 is 0 Å². The Labute approximate surface area is 160 Å². The predicted octanol–water partition coefficient (Wildman–Crippen LogP) is 3.86. The Morgan fingerprint density at radius 1 is 1.07 bits per heavy atom. The molecule has 2 aliphatic carbocycles. The minimum absolute atomic E-state index is 0.00482. The molecule has 2 fully saturated rings. The Morgan fingerprint density at radius 2 is 1.67 bits per heavy atom. The van der Waals surface area contributed by atoms with Crippen molar-refractivity contribution in [2.75, 3.05) is 11.9 Å². The third-order valence-corrected chi connectivity index (χ3v) is 5.76. The van der Waals surface area contributed by atoms with E-state index in [9.17, 15) is 14.4 Å². The van der Waals surface area contributed by atoms with Crippen molar-refractivity contribution in [1.29, 1.82) is 0 Å². The number of hydrogen-bond donors (Lipinski definition) is 1. The first-order valence-electron chi connectivity index (χ1n) is 9.85. The van der Waals surface area contributed by atoms with Gasteiger partial charge in [0, 0.05) is 17.5 Å². The summed E-state index contributed by atoms with van der Waals surface area (Å²) in [5.74, 6) is -0.620. The smallest absolute Gasteiger partial charge is 0.309 e. The van der Waals surface area contributed by atoms with Gasteiger partial charge in [-0.15, -0.1) is 0 Å². The summed E-state index contributed by atoms with van der Waals surface area (Å²) < 4.78 is 5.23. The SMILES string of the molecule is CC(C)(C)c1ccc(NC(=O)COC(=O)C2C[C@H]3CCC[C@@H](C2)C3=O)cc1. The first-order chi connectivity index (χ1) is 12.7. The van der Waals surface area contributed by atoms with E-state index in [1.165, 1.54) is 5.56 Å². The molecule has 146 valence electrons. The van der Waals surface area contributed by atoms with Crippen LogP contribution in [0.4, 0.5) is 5.69 Å². The highest BCUT2D eigenvalue weighted by Crippen LogP contribution is 2.40. The number of ether oxygens (including phenoxy) is 1. The van der Waals surface area contributed by atoms with Crippen LogP contribution in [0.2, 0.25) is 0 Å². The van der Waals surface area contributed by atoms with Crippen molar-refractivity contribution in [1.82, 2.24) is 0 Å². The van der Waals surface area contributed by atoms with Crippen LogP contribution >= 0.6 is 0 Å². The summed E-state index contributed by atoms with van der Waals surface area (Å²) in [7, 11) is 0. The summed E-state index contributed by atoms with van der Waals surface area (Å²) in [5, 5.41) is 2.76. The molecule has 5 nitrogen and oxygen atoms in total. The molecule has 0 saturated heterocycles. The third-order valence-electron chi connectivity index (χ3n) is 5.76. The summed E-state index contributed by atoms with van der Waals surface area (Å²) >= 11 is 0. The van der Waals surface area contributed by atoms with Gasteiger partial charge < -0.3 is 10.1 Å². The lowest BCUT2D eigenvalue weighted by Crippen LogP contribution is -2.40. The van der Waals surface area contributed by atoms with Crippen molar-refractivity contribution in [3.63, 3.8) is 0 Å². The maximum atomic E-state index is 12.3. The molecule has 1 amide bonds. The molecule has 1 aromatic carbocycles. The van der Waals surface area contributed by atoms with Gasteiger partial charge in [0.2, 0.25) is 0 Å². The lowest BCUT2D eigenvalue weighted by molar-refractivity contribution is -0.155. The summed E-state index contributed by atoms with van der Waals surface area (Å²) in [6, 6.07) is 7.68. The van der Waals surface area contributed by atoms with Crippen LogP contribution in [-0.2, 0) is 24.5 Å². The van der Waals surface area contributed by atoms with Gasteiger partial charge in [0.05, 0.1) is 5.92 Å². The summed E-state index contributed by atoms with van der Waals surface area (Å²) in [5.41, 5.74) is 1.92. The number of anilines is 1. The van der Waals surface area contributed by atoms with Gasteiger partial charge in [-0.25, -0.2) is 0 Å². The molecule has 2 saturated carbocycles. The lowest BCUT2D eigenvalue weighted by atomic mass is 9.67. The Hall–Kier alpha value is -2.17. The van der Waals surface area contributed by atoms with Crippen LogP contribution in [0.15, 0.2) is 24.3 Å². The largest absolute Gasteiger partial charge is 0.455 e. The minimum Gasteiger partial charge on any atom is -0.455 e. The van der Waals surface area contributed by atoms with Crippen molar-refractivity contribution in [3.05, 3.63) is 29.8 Å². The zero-order chi connectivity index (χ0) is 19.6. The molecular formula is C22H29NO4. The molecule has 3 rings (SSSR count). The molecule has 0 heterocycles. The van der Waals surface area contributed by atoms with Crippen molar-refractivity contribution in [2.45, 2.75) is 58.3 Å². The summed E-state index contributed by atoms with van der Waals surface area (Å²) in [6.45, 7) is 6.10. The molecule has 2 bridgehead atoms. The number of ketones is 1. The van der Waals surface area contributed by atoms with E-state index in [4.69, 9.17) is 4.74 Å². The quantitative estimate of drug-likeness (QED) is 0.816. The van der Waals surface area contributed by atoms with Gasteiger partial charge in [-0.1, -0.05) is 39.3 Å². The number of benzene rings is 1. The number of amides is 1. The van der Waals surface area contributed by atoms with Gasteiger partial charge in [-0.2, -0.15) is 0 Å². The molecule has 1 aromatic rings. The maximum absolute atomic E-state index is 12.3. The number of carbonyl (C=O) groups is 3. The average Bonchev–Trinajstić information content (AvgIpc) is 2.59. The molecule has 0 aliphatic heterocycles. The summed E-state index contributed by atoms with van der Waals surface area (Å²) in [4.78, 5) is 36.5. The zero-order valence-corrected chi connectivity index (χ0v) is 16.4. The second-order valence-electron chi connectivity index (χ2n) is 8.88. The highest BCUT2D eigenvalue weighted by atomic mass is 16.5. The third kappa shape index (κ3) is 4.76. The Bertz CT molecular complexity index is 701. The van der Waals surface area contributed by atoms with E-state index in [1.807, 2.05) is 24.3 Å². The Balaban J connectivity index is 1.47. The fraction of sp³-hybridized carbons (Fsp3) is 0.591. The lowest BCUT2D eigenvalue weighted by Gasteiger charge is -2.36. The van der Waals surface area contributed by atoms with Crippen LogP contribution in [-0.4, -0.2) is 24.3 Å². The van der Waals surface area contributed by atoms with E-state index in [0.717, 1.165) is 19.3 Å². The van der Waals surface area contributed by atoms with Gasteiger partial charge in [0.15, 0.2) is 6.61 Å². The maximum Gasteiger partial charge on any atom is 0.309 e. The van der Waals surface area contributed by atoms with Gasteiger partial charge >= 0.3 is 5.97 Å². The molecule has 0 aromatic heterocycles. The van der Waals surface area contributed by atoms with Crippen molar-refractivity contribution < 1.29 is 19.1 Å². The number of Topliss-reactive ketones (excluding diaryl/α,β-unsaturated/α-hetero) is 1. The molecule has 5 heteroatoms. The van der Waals surface area contributed by atoms with Crippen LogP contribution in [0.1, 0.15) is 58.4 Å². The van der Waals surface area contributed by atoms with Crippen molar-refractivity contribution in [3.8, 4) is 0 Å². The monoisotopic (exact) mass is 371 g/mol. The number of fused-ring (bicyclic) bond motifs is 2. The average molecular weight is 371 g/mol. The second kappa shape index (κ2) is 7.83. The minimum atomic E-state index is -0.349.